The van der Waals surface area contributed by atoms with E-state index in [0.29, 0.717) is 18.0 Å². The number of aryl methyl sites for hydroxylation is 1. The highest BCUT2D eigenvalue weighted by atomic mass is 32.2. The summed E-state index contributed by atoms with van der Waals surface area (Å²) in [7, 11) is -1.78. The van der Waals surface area contributed by atoms with Gasteiger partial charge in [0.15, 0.2) is 0 Å². The molecule has 2 aromatic carbocycles. The Morgan fingerprint density at radius 3 is 2.36 bits per heavy atom. The summed E-state index contributed by atoms with van der Waals surface area (Å²) in [6.07, 6.45) is 10.6. The summed E-state index contributed by atoms with van der Waals surface area (Å²) in [4.78, 5) is 14.7. The van der Waals surface area contributed by atoms with Crippen molar-refractivity contribution < 1.29 is 17.7 Å². The standard InChI is InChI=1S/C20H22N4O.C7H8O3S/c1-24-15-4-5-16(24)10-17(9-15)25-20-12-22-19(11-23-20)14-3-2-13-6-7-21-18(13)8-14;1-6-2-4-7(5-3-6)11(8,9)10/h2-3,6-8,11-12,15-17,21H,4-5,9-10H2,1H3;2-5H,1H3,(H,8,9,10). The number of nitrogens with one attached hydrogen (secondary N) is 1. The van der Waals surface area contributed by atoms with E-state index in [4.69, 9.17) is 9.29 Å². The molecule has 2 atom stereocenters. The van der Waals surface area contributed by atoms with E-state index in [9.17, 15) is 8.42 Å². The second-order valence-corrected chi connectivity index (χ2v) is 11.0. The molecule has 0 amide bonds. The van der Waals surface area contributed by atoms with Gasteiger partial charge in [0.25, 0.3) is 10.1 Å². The summed E-state index contributed by atoms with van der Waals surface area (Å²) in [5.41, 5.74) is 4.00. The highest BCUT2D eigenvalue weighted by molar-refractivity contribution is 7.85. The van der Waals surface area contributed by atoms with Crippen LogP contribution in [-0.2, 0) is 10.1 Å². The van der Waals surface area contributed by atoms with E-state index in [1.807, 2.05) is 19.3 Å². The predicted octanol–water partition coefficient (Wildman–Crippen LogP) is 4.87. The van der Waals surface area contributed by atoms with Gasteiger partial charge in [-0.3, -0.25) is 4.55 Å². The Morgan fingerprint density at radius 2 is 1.72 bits per heavy atom. The molecule has 0 radical (unpaired) electrons. The molecule has 0 saturated carbocycles. The Morgan fingerprint density at radius 1 is 1.00 bits per heavy atom. The largest absolute Gasteiger partial charge is 0.473 e. The van der Waals surface area contributed by atoms with Gasteiger partial charge in [-0.15, -0.1) is 0 Å². The number of rotatable bonds is 4. The summed E-state index contributed by atoms with van der Waals surface area (Å²) in [6.45, 7) is 1.84. The number of nitrogens with zero attached hydrogens (tertiary/aromatic N) is 3. The molecular formula is C27H30N4O4S. The summed E-state index contributed by atoms with van der Waals surface area (Å²) in [6, 6.07) is 15.7. The van der Waals surface area contributed by atoms with E-state index in [0.717, 1.165) is 35.2 Å². The molecule has 4 heterocycles. The normalized spacial score (nSPS) is 21.7. The molecule has 9 heteroatoms. The maximum Gasteiger partial charge on any atom is 0.294 e. The van der Waals surface area contributed by atoms with Crippen molar-refractivity contribution in [3.05, 3.63) is 72.7 Å². The minimum Gasteiger partial charge on any atom is -0.473 e. The van der Waals surface area contributed by atoms with Crippen LogP contribution in [0.25, 0.3) is 22.2 Å². The van der Waals surface area contributed by atoms with Crippen LogP contribution in [0.5, 0.6) is 5.88 Å². The van der Waals surface area contributed by atoms with Gasteiger partial charge in [-0.1, -0.05) is 29.8 Å². The first-order valence-corrected chi connectivity index (χ1v) is 13.5. The van der Waals surface area contributed by atoms with Crippen molar-refractivity contribution in [2.45, 2.75) is 55.7 Å². The lowest BCUT2D eigenvalue weighted by molar-refractivity contribution is 0.0630. The average molecular weight is 507 g/mol. The zero-order chi connectivity index (χ0) is 25.3. The quantitative estimate of drug-likeness (QED) is 0.380. The highest BCUT2D eigenvalue weighted by Crippen LogP contribution is 2.35. The molecule has 2 N–H and O–H groups in total. The molecule has 2 saturated heterocycles. The summed E-state index contributed by atoms with van der Waals surface area (Å²) in [5, 5.41) is 1.20. The molecule has 6 rings (SSSR count). The number of aromatic nitrogens is 3. The van der Waals surface area contributed by atoms with Crippen molar-refractivity contribution in [2.75, 3.05) is 7.05 Å². The summed E-state index contributed by atoms with van der Waals surface area (Å²) in [5.74, 6) is 0.638. The van der Waals surface area contributed by atoms with Gasteiger partial charge in [-0.2, -0.15) is 8.42 Å². The van der Waals surface area contributed by atoms with Crippen LogP contribution in [-0.4, -0.2) is 58.1 Å². The molecule has 2 aliphatic heterocycles. The zero-order valence-corrected chi connectivity index (χ0v) is 21.1. The van der Waals surface area contributed by atoms with E-state index >= 15 is 0 Å². The zero-order valence-electron chi connectivity index (χ0n) is 20.3. The average Bonchev–Trinajstić information content (AvgIpc) is 3.39. The van der Waals surface area contributed by atoms with E-state index in [1.165, 1.54) is 30.4 Å². The smallest absolute Gasteiger partial charge is 0.294 e. The molecule has 2 fully saturated rings. The fourth-order valence-electron chi connectivity index (χ4n) is 5.07. The van der Waals surface area contributed by atoms with Gasteiger partial charge >= 0.3 is 0 Å². The lowest BCUT2D eigenvalue weighted by Crippen LogP contribution is -2.43. The Balaban J connectivity index is 0.000000205. The van der Waals surface area contributed by atoms with Crippen molar-refractivity contribution in [3.63, 3.8) is 0 Å². The van der Waals surface area contributed by atoms with Gasteiger partial charge in [0.05, 0.1) is 23.0 Å². The second-order valence-electron chi connectivity index (χ2n) is 9.57. The fourth-order valence-corrected chi connectivity index (χ4v) is 5.55. The molecule has 188 valence electrons. The molecule has 36 heavy (non-hydrogen) atoms. The molecule has 0 spiro atoms. The Bertz CT molecular complexity index is 1420. The van der Waals surface area contributed by atoms with Crippen molar-refractivity contribution in [2.24, 2.45) is 0 Å². The lowest BCUT2D eigenvalue weighted by Gasteiger charge is -2.35. The first-order valence-electron chi connectivity index (χ1n) is 12.1. The molecule has 4 aromatic rings. The van der Waals surface area contributed by atoms with Crippen LogP contribution in [0.3, 0.4) is 0 Å². The lowest BCUT2D eigenvalue weighted by atomic mass is 10.0. The fraction of sp³-hybridized carbons (Fsp3) is 0.333. The number of H-pyrrole nitrogens is 1. The molecule has 2 aromatic heterocycles. The summed E-state index contributed by atoms with van der Waals surface area (Å²) >= 11 is 0. The first kappa shape index (κ1) is 24.4. The van der Waals surface area contributed by atoms with Crippen molar-refractivity contribution in [1.82, 2.24) is 19.9 Å². The van der Waals surface area contributed by atoms with Crippen LogP contribution < -0.4 is 4.74 Å². The number of benzene rings is 2. The van der Waals surface area contributed by atoms with Crippen molar-refractivity contribution in [3.8, 4) is 17.1 Å². The second kappa shape index (κ2) is 10.0. The Kier molecular flexibility index (Phi) is 6.79. The van der Waals surface area contributed by atoms with Gasteiger partial charge < -0.3 is 14.6 Å². The molecule has 2 bridgehead atoms. The van der Waals surface area contributed by atoms with Gasteiger partial charge in [0.1, 0.15) is 6.10 Å². The van der Waals surface area contributed by atoms with Gasteiger partial charge in [-0.25, -0.2) is 9.97 Å². The molecule has 2 unspecified atom stereocenters. The van der Waals surface area contributed by atoms with E-state index < -0.39 is 10.1 Å². The van der Waals surface area contributed by atoms with E-state index in [-0.39, 0.29) is 11.0 Å². The molecule has 2 aliphatic rings. The van der Waals surface area contributed by atoms with Crippen LogP contribution in [0.4, 0.5) is 0 Å². The molecule has 8 nitrogen and oxygen atoms in total. The molecule has 0 aliphatic carbocycles. The maximum absolute atomic E-state index is 10.5. The minimum atomic E-state index is -4.02. The number of fused-ring (bicyclic) bond motifs is 3. The topological polar surface area (TPSA) is 108 Å². The number of hydrogen-bond acceptors (Lipinski definition) is 6. The third kappa shape index (κ3) is 5.43. The number of hydrogen-bond donors (Lipinski definition) is 2. The third-order valence-electron chi connectivity index (χ3n) is 7.14. The van der Waals surface area contributed by atoms with Crippen molar-refractivity contribution >= 4 is 21.0 Å². The van der Waals surface area contributed by atoms with Crippen LogP contribution in [0.15, 0.2) is 72.0 Å². The molecular weight excluding hydrogens is 476 g/mol. The van der Waals surface area contributed by atoms with Crippen molar-refractivity contribution in [1.29, 1.82) is 0 Å². The van der Waals surface area contributed by atoms with Gasteiger partial charge in [0.2, 0.25) is 5.88 Å². The third-order valence-corrected chi connectivity index (χ3v) is 8.01. The maximum atomic E-state index is 10.5. The monoisotopic (exact) mass is 506 g/mol. The van der Waals surface area contributed by atoms with Crippen LogP contribution in [0, 0.1) is 6.92 Å². The number of aromatic amines is 1. The van der Waals surface area contributed by atoms with Gasteiger partial charge in [-0.05, 0) is 69.3 Å². The first-order chi connectivity index (χ1) is 17.3. The minimum absolute atomic E-state index is 0.0666. The highest BCUT2D eigenvalue weighted by Gasteiger charge is 2.39. The number of ether oxygens (including phenoxy) is 1. The van der Waals surface area contributed by atoms with E-state index in [1.54, 1.807) is 18.3 Å². The van der Waals surface area contributed by atoms with E-state index in [2.05, 4.69) is 51.2 Å². The number of piperidine rings is 1. The Labute approximate surface area is 211 Å². The van der Waals surface area contributed by atoms with Crippen LogP contribution >= 0.6 is 0 Å². The summed E-state index contributed by atoms with van der Waals surface area (Å²) < 4.78 is 35.7. The van der Waals surface area contributed by atoms with Crippen LogP contribution in [0.1, 0.15) is 31.2 Å². The van der Waals surface area contributed by atoms with Crippen LogP contribution in [0.2, 0.25) is 0 Å². The Hall–Kier alpha value is -3.27. The SMILES string of the molecule is CN1C2CCC1CC(Oc1cnc(-c3ccc4cc[nH]c4c3)cn1)C2.Cc1ccc(S(=O)(=O)O)cc1. The van der Waals surface area contributed by atoms with Gasteiger partial charge in [0, 0.05) is 29.4 Å². The predicted molar refractivity (Wildman–Crippen MR) is 139 cm³/mol.